The zero-order valence-electron chi connectivity index (χ0n) is 12.2. The lowest BCUT2D eigenvalue weighted by molar-refractivity contribution is -0.137. The molecular formula is C16H19F3N2. The Labute approximate surface area is 122 Å². The minimum atomic E-state index is -4.30. The number of unbranched alkanes of at least 4 members (excludes halogenated alkanes) is 1. The van der Waals surface area contributed by atoms with Gasteiger partial charge in [0.25, 0.3) is 0 Å². The van der Waals surface area contributed by atoms with Crippen molar-refractivity contribution >= 4 is 0 Å². The van der Waals surface area contributed by atoms with Gasteiger partial charge in [0.2, 0.25) is 0 Å². The molecule has 0 aliphatic rings. The number of hydrogen-bond donors (Lipinski definition) is 0. The number of aryl methyl sites for hydroxylation is 2. The van der Waals surface area contributed by atoms with Crippen molar-refractivity contribution in [2.45, 2.75) is 45.8 Å². The summed E-state index contributed by atoms with van der Waals surface area (Å²) in [6.45, 7) is 4.96. The van der Waals surface area contributed by atoms with E-state index in [0.29, 0.717) is 0 Å². The van der Waals surface area contributed by atoms with Gasteiger partial charge in [0.1, 0.15) is 5.82 Å². The Morgan fingerprint density at radius 1 is 1.10 bits per heavy atom. The fourth-order valence-electron chi connectivity index (χ4n) is 2.18. The van der Waals surface area contributed by atoms with Crippen LogP contribution in [0, 0.1) is 0 Å². The van der Waals surface area contributed by atoms with Crippen LogP contribution in [0.15, 0.2) is 30.5 Å². The maximum Gasteiger partial charge on any atom is 0.416 e. The lowest BCUT2D eigenvalue weighted by atomic mass is 10.1. The molecule has 0 spiro atoms. The predicted octanol–water partition coefficient (Wildman–Crippen LogP) is 4.93. The van der Waals surface area contributed by atoms with Gasteiger partial charge >= 0.3 is 6.18 Å². The van der Waals surface area contributed by atoms with Crippen LogP contribution in [0.1, 0.15) is 37.9 Å². The number of alkyl halides is 3. The molecule has 5 heteroatoms. The second-order valence-corrected chi connectivity index (χ2v) is 5.03. The van der Waals surface area contributed by atoms with Gasteiger partial charge in [0, 0.05) is 18.3 Å². The molecule has 0 radical (unpaired) electrons. The number of benzene rings is 1. The van der Waals surface area contributed by atoms with Crippen molar-refractivity contribution in [2.24, 2.45) is 0 Å². The molecule has 0 fully saturated rings. The molecule has 0 atom stereocenters. The Morgan fingerprint density at radius 3 is 2.29 bits per heavy atom. The first-order valence-corrected chi connectivity index (χ1v) is 7.19. The summed E-state index contributed by atoms with van der Waals surface area (Å²) in [5.74, 6) is 0.744. The van der Waals surface area contributed by atoms with Gasteiger partial charge in [-0.05, 0) is 25.0 Å². The van der Waals surface area contributed by atoms with Gasteiger partial charge in [0.05, 0.1) is 11.3 Å². The Bertz CT molecular complexity index is 583. The Morgan fingerprint density at radius 2 is 1.76 bits per heavy atom. The summed E-state index contributed by atoms with van der Waals surface area (Å²) in [7, 11) is 0. The molecule has 1 heterocycles. The standard InChI is InChI=1S/C16H19F3N2/c1-3-5-10-21-11-14(4-2)20-15(21)12-6-8-13(9-7-12)16(17,18)19/h6-9,11H,3-5,10H2,1-2H3. The van der Waals surface area contributed by atoms with E-state index in [4.69, 9.17) is 0 Å². The second kappa shape index (κ2) is 6.33. The largest absolute Gasteiger partial charge is 0.416 e. The summed E-state index contributed by atoms with van der Waals surface area (Å²) < 4.78 is 39.8. The quantitative estimate of drug-likeness (QED) is 0.765. The highest BCUT2D eigenvalue weighted by Gasteiger charge is 2.30. The minimum absolute atomic E-state index is 0.631. The number of hydrogen-bond acceptors (Lipinski definition) is 1. The first-order chi connectivity index (χ1) is 9.95. The minimum Gasteiger partial charge on any atom is -0.331 e. The van der Waals surface area contributed by atoms with E-state index in [1.165, 1.54) is 12.1 Å². The van der Waals surface area contributed by atoms with Crippen LogP contribution in [-0.4, -0.2) is 9.55 Å². The van der Waals surface area contributed by atoms with Crippen LogP contribution >= 0.6 is 0 Å². The lowest BCUT2D eigenvalue weighted by Gasteiger charge is -2.09. The highest BCUT2D eigenvalue weighted by atomic mass is 19.4. The predicted molar refractivity (Wildman–Crippen MR) is 77.0 cm³/mol. The van der Waals surface area contributed by atoms with Gasteiger partial charge < -0.3 is 4.57 Å². The molecule has 2 nitrogen and oxygen atoms in total. The maximum atomic E-state index is 12.6. The summed E-state index contributed by atoms with van der Waals surface area (Å²) in [5, 5.41) is 0. The first kappa shape index (κ1) is 15.6. The zero-order chi connectivity index (χ0) is 15.5. The normalized spacial score (nSPS) is 11.9. The van der Waals surface area contributed by atoms with E-state index >= 15 is 0 Å². The third kappa shape index (κ3) is 3.65. The zero-order valence-corrected chi connectivity index (χ0v) is 12.2. The topological polar surface area (TPSA) is 17.8 Å². The highest BCUT2D eigenvalue weighted by molar-refractivity contribution is 5.56. The monoisotopic (exact) mass is 296 g/mol. The summed E-state index contributed by atoms with van der Waals surface area (Å²) in [5.41, 5.74) is 1.05. The van der Waals surface area contributed by atoms with E-state index in [1.54, 1.807) is 0 Å². The molecule has 0 aliphatic carbocycles. The molecule has 114 valence electrons. The Kier molecular flexibility index (Phi) is 4.70. The molecule has 1 aromatic carbocycles. The maximum absolute atomic E-state index is 12.6. The molecule has 0 saturated carbocycles. The Hall–Kier alpha value is -1.78. The molecule has 0 bridgehead atoms. The molecular weight excluding hydrogens is 277 g/mol. The van der Waals surface area contributed by atoms with Gasteiger partial charge in [-0.15, -0.1) is 0 Å². The number of nitrogens with zero attached hydrogens (tertiary/aromatic N) is 2. The number of aromatic nitrogens is 2. The van der Waals surface area contributed by atoms with E-state index in [2.05, 4.69) is 11.9 Å². The van der Waals surface area contributed by atoms with Crippen LogP contribution in [0.25, 0.3) is 11.4 Å². The van der Waals surface area contributed by atoms with Crippen molar-refractivity contribution < 1.29 is 13.2 Å². The van der Waals surface area contributed by atoms with Crippen molar-refractivity contribution in [3.8, 4) is 11.4 Å². The summed E-state index contributed by atoms with van der Waals surface area (Å²) in [4.78, 5) is 4.53. The molecule has 0 unspecified atom stereocenters. The number of halogens is 3. The third-order valence-corrected chi connectivity index (χ3v) is 3.41. The molecule has 0 N–H and O–H groups in total. The lowest BCUT2D eigenvalue weighted by Crippen LogP contribution is -2.04. The average Bonchev–Trinajstić information content (AvgIpc) is 2.87. The summed E-state index contributed by atoms with van der Waals surface area (Å²) in [6.07, 6.45) is 0.583. The van der Waals surface area contributed by atoms with Crippen molar-refractivity contribution in [3.63, 3.8) is 0 Å². The van der Waals surface area contributed by atoms with Crippen molar-refractivity contribution in [1.29, 1.82) is 0 Å². The van der Waals surface area contributed by atoms with Crippen LogP contribution in [0.5, 0.6) is 0 Å². The molecule has 0 amide bonds. The van der Waals surface area contributed by atoms with E-state index < -0.39 is 11.7 Å². The van der Waals surface area contributed by atoms with Gasteiger partial charge in [-0.3, -0.25) is 0 Å². The summed E-state index contributed by atoms with van der Waals surface area (Å²) in [6, 6.07) is 5.21. The number of rotatable bonds is 5. The third-order valence-electron chi connectivity index (χ3n) is 3.41. The van der Waals surface area contributed by atoms with Gasteiger partial charge in [0.15, 0.2) is 0 Å². The van der Waals surface area contributed by atoms with Crippen molar-refractivity contribution in [2.75, 3.05) is 0 Å². The van der Waals surface area contributed by atoms with E-state index in [9.17, 15) is 13.2 Å². The van der Waals surface area contributed by atoms with Crippen LogP contribution in [-0.2, 0) is 19.1 Å². The van der Waals surface area contributed by atoms with Crippen LogP contribution < -0.4 is 0 Å². The van der Waals surface area contributed by atoms with Gasteiger partial charge in [-0.1, -0.05) is 32.4 Å². The first-order valence-electron chi connectivity index (χ1n) is 7.19. The van der Waals surface area contributed by atoms with Crippen molar-refractivity contribution in [3.05, 3.63) is 41.7 Å². The molecule has 2 rings (SSSR count). The van der Waals surface area contributed by atoms with Crippen LogP contribution in [0.2, 0.25) is 0 Å². The second-order valence-electron chi connectivity index (χ2n) is 5.03. The molecule has 21 heavy (non-hydrogen) atoms. The molecule has 0 aliphatic heterocycles. The van der Waals surface area contributed by atoms with Crippen molar-refractivity contribution in [1.82, 2.24) is 9.55 Å². The number of imidazole rings is 1. The van der Waals surface area contributed by atoms with E-state index in [-0.39, 0.29) is 0 Å². The average molecular weight is 296 g/mol. The van der Waals surface area contributed by atoms with Gasteiger partial charge in [-0.25, -0.2) is 4.98 Å². The molecule has 2 aromatic rings. The smallest absolute Gasteiger partial charge is 0.331 e. The molecule has 1 aromatic heterocycles. The Balaban J connectivity index is 2.34. The molecule has 0 saturated heterocycles. The van der Waals surface area contributed by atoms with Gasteiger partial charge in [-0.2, -0.15) is 13.2 Å². The fraction of sp³-hybridized carbons (Fsp3) is 0.438. The van der Waals surface area contributed by atoms with Crippen LogP contribution in [0.4, 0.5) is 13.2 Å². The SMILES string of the molecule is CCCCn1cc(CC)nc1-c1ccc(C(F)(F)F)cc1. The van der Waals surface area contributed by atoms with Crippen LogP contribution in [0.3, 0.4) is 0 Å². The highest BCUT2D eigenvalue weighted by Crippen LogP contribution is 2.31. The summed E-state index contributed by atoms with van der Waals surface area (Å²) >= 11 is 0. The van der Waals surface area contributed by atoms with E-state index in [0.717, 1.165) is 55.0 Å². The van der Waals surface area contributed by atoms with E-state index in [1.807, 2.05) is 17.7 Å². The fourth-order valence-corrected chi connectivity index (χ4v) is 2.18.